The standard InChI is InChI=1S/C11H12N2O4S2/c1-2-17-11(18)19-7-10(12-14)8-3-5-9(6-4-8)13(15)16/h3-6,14H,2,7H2,1H3/b12-10-. The van der Waals surface area contributed by atoms with Crippen LogP contribution in [0.1, 0.15) is 12.5 Å². The van der Waals surface area contributed by atoms with Crippen LogP contribution in [-0.4, -0.2) is 32.6 Å². The van der Waals surface area contributed by atoms with Gasteiger partial charge < -0.3 is 9.94 Å². The van der Waals surface area contributed by atoms with Crippen LogP contribution in [0.3, 0.4) is 0 Å². The number of nitro benzene ring substituents is 1. The van der Waals surface area contributed by atoms with Crippen LogP contribution < -0.4 is 0 Å². The van der Waals surface area contributed by atoms with E-state index in [-0.39, 0.29) is 5.69 Å². The average Bonchev–Trinajstić information content (AvgIpc) is 2.40. The molecule has 0 heterocycles. The second kappa shape index (κ2) is 7.70. The third-order valence-electron chi connectivity index (χ3n) is 2.12. The highest BCUT2D eigenvalue weighted by atomic mass is 32.2. The zero-order chi connectivity index (χ0) is 14.3. The molecule has 19 heavy (non-hydrogen) atoms. The van der Waals surface area contributed by atoms with Gasteiger partial charge in [-0.05, 0) is 31.3 Å². The molecule has 6 nitrogen and oxygen atoms in total. The lowest BCUT2D eigenvalue weighted by Gasteiger charge is -2.06. The van der Waals surface area contributed by atoms with Crippen LogP contribution >= 0.6 is 24.0 Å². The molecule has 8 heteroatoms. The number of thiocarbonyl (C=S) groups is 1. The molecule has 0 fully saturated rings. The van der Waals surface area contributed by atoms with E-state index in [1.807, 2.05) is 6.92 Å². The molecule has 0 bridgehead atoms. The zero-order valence-corrected chi connectivity index (χ0v) is 11.7. The van der Waals surface area contributed by atoms with Gasteiger partial charge in [-0.2, -0.15) is 0 Å². The van der Waals surface area contributed by atoms with Gasteiger partial charge in [-0.15, -0.1) is 0 Å². The molecule has 1 rings (SSSR count). The number of hydrogen-bond donors (Lipinski definition) is 1. The van der Waals surface area contributed by atoms with Gasteiger partial charge in [-0.25, -0.2) is 0 Å². The molecule has 1 aromatic rings. The van der Waals surface area contributed by atoms with Crippen LogP contribution in [0.15, 0.2) is 29.4 Å². The molecular weight excluding hydrogens is 288 g/mol. The quantitative estimate of drug-likeness (QED) is 0.296. The van der Waals surface area contributed by atoms with Gasteiger partial charge >= 0.3 is 0 Å². The van der Waals surface area contributed by atoms with Crippen LogP contribution in [0.4, 0.5) is 5.69 Å². The molecule has 0 spiro atoms. The summed E-state index contributed by atoms with van der Waals surface area (Å²) in [6.07, 6.45) is 0. The number of benzene rings is 1. The van der Waals surface area contributed by atoms with Gasteiger partial charge in [-0.1, -0.05) is 16.9 Å². The Hall–Kier alpha value is -1.67. The van der Waals surface area contributed by atoms with E-state index in [2.05, 4.69) is 5.16 Å². The molecule has 102 valence electrons. The molecule has 0 unspecified atom stereocenters. The van der Waals surface area contributed by atoms with Gasteiger partial charge in [0.2, 0.25) is 4.38 Å². The molecule has 0 atom stereocenters. The highest BCUT2D eigenvalue weighted by molar-refractivity contribution is 8.23. The van der Waals surface area contributed by atoms with Crippen molar-refractivity contribution in [3.8, 4) is 0 Å². The summed E-state index contributed by atoms with van der Waals surface area (Å²) in [6.45, 7) is 2.30. The molecule has 0 aliphatic heterocycles. The number of nitrogens with zero attached hydrogens (tertiary/aromatic N) is 2. The minimum absolute atomic E-state index is 0.0152. The monoisotopic (exact) mass is 300 g/mol. The first-order valence-electron chi connectivity index (χ1n) is 5.33. The number of thioether (sulfide) groups is 1. The van der Waals surface area contributed by atoms with Crippen molar-refractivity contribution in [3.63, 3.8) is 0 Å². The predicted molar refractivity (Wildman–Crippen MR) is 78.1 cm³/mol. The van der Waals surface area contributed by atoms with Crippen LogP contribution in [0.25, 0.3) is 0 Å². The lowest BCUT2D eigenvalue weighted by atomic mass is 10.1. The van der Waals surface area contributed by atoms with Crippen molar-refractivity contribution in [3.05, 3.63) is 39.9 Å². The molecule has 0 aromatic heterocycles. The van der Waals surface area contributed by atoms with Crippen molar-refractivity contribution >= 4 is 39.8 Å². The van der Waals surface area contributed by atoms with Crippen molar-refractivity contribution in [1.29, 1.82) is 0 Å². The summed E-state index contributed by atoms with van der Waals surface area (Å²) in [6, 6.07) is 5.76. The molecule has 1 aromatic carbocycles. The van der Waals surface area contributed by atoms with Crippen molar-refractivity contribution in [2.24, 2.45) is 5.16 Å². The maximum absolute atomic E-state index is 10.5. The minimum Gasteiger partial charge on any atom is -0.479 e. The fourth-order valence-corrected chi connectivity index (χ4v) is 2.21. The predicted octanol–water partition coefficient (Wildman–Crippen LogP) is 2.83. The Bertz CT molecular complexity index is 488. The van der Waals surface area contributed by atoms with Gasteiger partial charge in [0.25, 0.3) is 5.69 Å². The number of hydrogen-bond acceptors (Lipinski definition) is 7. The van der Waals surface area contributed by atoms with Gasteiger partial charge in [0, 0.05) is 23.4 Å². The van der Waals surface area contributed by atoms with Crippen LogP contribution in [0.5, 0.6) is 0 Å². The zero-order valence-electron chi connectivity index (χ0n) is 10.1. The third-order valence-corrected chi connectivity index (χ3v) is 3.36. The van der Waals surface area contributed by atoms with Crippen molar-refractivity contribution in [1.82, 2.24) is 0 Å². The summed E-state index contributed by atoms with van der Waals surface area (Å²) < 4.78 is 5.46. The second-order valence-electron chi connectivity index (χ2n) is 3.32. The van der Waals surface area contributed by atoms with Crippen molar-refractivity contribution in [2.75, 3.05) is 12.4 Å². The molecule has 0 amide bonds. The fraction of sp³-hybridized carbons (Fsp3) is 0.273. The highest BCUT2D eigenvalue weighted by Crippen LogP contribution is 2.15. The Morgan fingerprint density at radius 1 is 1.53 bits per heavy atom. The summed E-state index contributed by atoms with van der Waals surface area (Å²) in [5.74, 6) is 0.327. The van der Waals surface area contributed by atoms with Gasteiger partial charge in [0.15, 0.2) is 0 Å². The number of ether oxygens (including phenoxy) is 1. The Labute approximate surface area is 119 Å². The van der Waals surface area contributed by atoms with E-state index >= 15 is 0 Å². The molecule has 0 aliphatic carbocycles. The normalized spacial score (nSPS) is 11.1. The van der Waals surface area contributed by atoms with Crippen molar-refractivity contribution < 1.29 is 14.9 Å². The summed E-state index contributed by atoms with van der Waals surface area (Å²) in [4.78, 5) is 10.0. The maximum atomic E-state index is 10.5. The molecule has 1 N–H and O–H groups in total. The number of oxime groups is 1. The topological polar surface area (TPSA) is 85.0 Å². The van der Waals surface area contributed by atoms with E-state index in [9.17, 15) is 10.1 Å². The third kappa shape index (κ3) is 4.84. The van der Waals surface area contributed by atoms with Crippen LogP contribution in [0, 0.1) is 10.1 Å². The first-order chi connectivity index (χ1) is 9.08. The second-order valence-corrected chi connectivity index (χ2v) is 4.90. The Morgan fingerprint density at radius 3 is 2.63 bits per heavy atom. The summed E-state index contributed by atoms with van der Waals surface area (Å²) in [5, 5.41) is 22.7. The van der Waals surface area contributed by atoms with E-state index in [4.69, 9.17) is 22.2 Å². The lowest BCUT2D eigenvalue weighted by Crippen LogP contribution is -2.08. The average molecular weight is 300 g/mol. The van der Waals surface area contributed by atoms with Gasteiger partial charge in [-0.3, -0.25) is 10.1 Å². The highest BCUT2D eigenvalue weighted by Gasteiger charge is 2.10. The van der Waals surface area contributed by atoms with E-state index in [0.717, 1.165) is 0 Å². The Kier molecular flexibility index (Phi) is 6.23. The summed E-state index contributed by atoms with van der Waals surface area (Å²) >= 11 is 6.16. The molecule has 0 aliphatic rings. The maximum Gasteiger partial charge on any atom is 0.269 e. The SMILES string of the molecule is CCOC(=S)SC/C(=N/O)c1ccc([N+](=O)[O-])cc1. The summed E-state index contributed by atoms with van der Waals surface area (Å²) in [7, 11) is 0. The van der Waals surface area contributed by atoms with Gasteiger partial charge in [0.05, 0.1) is 17.2 Å². The minimum atomic E-state index is -0.488. The first kappa shape index (κ1) is 15.4. The fourth-order valence-electron chi connectivity index (χ4n) is 1.23. The van der Waals surface area contributed by atoms with E-state index in [0.29, 0.717) is 28.0 Å². The van der Waals surface area contributed by atoms with Crippen molar-refractivity contribution in [2.45, 2.75) is 6.92 Å². The number of rotatable bonds is 5. The van der Waals surface area contributed by atoms with Crippen LogP contribution in [-0.2, 0) is 4.74 Å². The number of nitro groups is 1. The van der Waals surface area contributed by atoms with E-state index in [1.165, 1.54) is 36.0 Å². The summed E-state index contributed by atoms with van der Waals surface area (Å²) in [5.41, 5.74) is 0.959. The largest absolute Gasteiger partial charge is 0.479 e. The van der Waals surface area contributed by atoms with Gasteiger partial charge in [0.1, 0.15) is 0 Å². The molecule has 0 saturated heterocycles. The van der Waals surface area contributed by atoms with E-state index in [1.54, 1.807) is 0 Å². The first-order valence-corrected chi connectivity index (χ1v) is 6.73. The molecule has 0 radical (unpaired) electrons. The Balaban J connectivity index is 2.70. The van der Waals surface area contributed by atoms with Crippen LogP contribution in [0.2, 0.25) is 0 Å². The van der Waals surface area contributed by atoms with E-state index < -0.39 is 4.92 Å². The Morgan fingerprint density at radius 2 is 2.16 bits per heavy atom. The lowest BCUT2D eigenvalue weighted by molar-refractivity contribution is -0.384. The molecular formula is C11H12N2O4S2. The molecule has 0 saturated carbocycles. The number of non-ortho nitro benzene ring substituents is 1. The smallest absolute Gasteiger partial charge is 0.269 e.